The van der Waals surface area contributed by atoms with Crippen molar-refractivity contribution in [2.45, 2.75) is 26.7 Å². The average Bonchev–Trinajstić information content (AvgIpc) is 2.71. The van der Waals surface area contributed by atoms with Gasteiger partial charge in [-0.2, -0.15) is 5.10 Å². The molecule has 0 spiro atoms. The number of nitrogens with one attached hydrogen (secondary N) is 1. The Bertz CT molecular complexity index is 503. The van der Waals surface area contributed by atoms with Crippen LogP contribution in [0.25, 0.3) is 11.4 Å². The van der Waals surface area contributed by atoms with Gasteiger partial charge >= 0.3 is 0 Å². The van der Waals surface area contributed by atoms with Crippen molar-refractivity contribution in [2.75, 3.05) is 0 Å². The second-order valence-corrected chi connectivity index (χ2v) is 4.16. The first-order valence-electron chi connectivity index (χ1n) is 5.26. The van der Waals surface area contributed by atoms with Crippen LogP contribution in [0.2, 0.25) is 0 Å². The van der Waals surface area contributed by atoms with E-state index in [0.29, 0.717) is 17.0 Å². The molecule has 4 heteroatoms. The van der Waals surface area contributed by atoms with Crippen LogP contribution >= 0.6 is 0 Å². The molecule has 1 N–H and O–H groups in total. The van der Waals surface area contributed by atoms with E-state index in [0.717, 1.165) is 5.82 Å². The molecule has 0 aliphatic heterocycles. The summed E-state index contributed by atoms with van der Waals surface area (Å²) in [6.07, 6.45) is 0. The SMILES string of the molecule is Cc1ccc(-c2n[nH]c(C(C)C)n2)cc1F. The van der Waals surface area contributed by atoms with E-state index in [2.05, 4.69) is 15.2 Å². The zero-order valence-corrected chi connectivity index (χ0v) is 9.58. The molecule has 1 aromatic heterocycles. The standard InChI is InChI=1S/C12H14FN3/c1-7(2)11-14-12(16-15-11)9-5-4-8(3)10(13)6-9/h4-7H,1-3H3,(H,14,15,16). The summed E-state index contributed by atoms with van der Waals surface area (Å²) in [5.41, 5.74) is 1.33. The molecule has 1 heterocycles. The fourth-order valence-corrected chi connectivity index (χ4v) is 1.39. The molecule has 0 amide bonds. The van der Waals surface area contributed by atoms with Crippen molar-refractivity contribution in [1.82, 2.24) is 15.2 Å². The summed E-state index contributed by atoms with van der Waals surface area (Å²) in [6.45, 7) is 5.79. The lowest BCUT2D eigenvalue weighted by Crippen LogP contribution is -1.89. The van der Waals surface area contributed by atoms with Gasteiger partial charge in [-0.25, -0.2) is 9.37 Å². The van der Waals surface area contributed by atoms with Crippen LogP contribution in [0, 0.1) is 12.7 Å². The molecule has 0 atom stereocenters. The highest BCUT2D eigenvalue weighted by atomic mass is 19.1. The number of rotatable bonds is 2. The lowest BCUT2D eigenvalue weighted by molar-refractivity contribution is 0.619. The van der Waals surface area contributed by atoms with Crippen molar-refractivity contribution in [1.29, 1.82) is 0 Å². The maximum absolute atomic E-state index is 13.4. The van der Waals surface area contributed by atoms with Crippen molar-refractivity contribution in [3.05, 3.63) is 35.4 Å². The van der Waals surface area contributed by atoms with Crippen LogP contribution in [0.4, 0.5) is 4.39 Å². The normalized spacial score (nSPS) is 11.1. The van der Waals surface area contributed by atoms with Crippen molar-refractivity contribution >= 4 is 0 Å². The molecular weight excluding hydrogens is 205 g/mol. The average molecular weight is 219 g/mol. The first kappa shape index (κ1) is 10.8. The van der Waals surface area contributed by atoms with Crippen LogP contribution in [-0.4, -0.2) is 15.2 Å². The van der Waals surface area contributed by atoms with Crippen LogP contribution < -0.4 is 0 Å². The van der Waals surface area contributed by atoms with E-state index in [4.69, 9.17) is 0 Å². The summed E-state index contributed by atoms with van der Waals surface area (Å²) in [6, 6.07) is 5.02. The van der Waals surface area contributed by atoms with Gasteiger partial charge in [-0.05, 0) is 18.6 Å². The third kappa shape index (κ3) is 1.96. The Hall–Kier alpha value is -1.71. The smallest absolute Gasteiger partial charge is 0.181 e. The predicted molar refractivity (Wildman–Crippen MR) is 60.6 cm³/mol. The molecule has 1 aromatic carbocycles. The van der Waals surface area contributed by atoms with Crippen LogP contribution in [0.3, 0.4) is 0 Å². The fourth-order valence-electron chi connectivity index (χ4n) is 1.39. The minimum atomic E-state index is -0.228. The van der Waals surface area contributed by atoms with Crippen molar-refractivity contribution in [3.8, 4) is 11.4 Å². The number of hydrogen-bond acceptors (Lipinski definition) is 2. The van der Waals surface area contributed by atoms with Gasteiger partial charge in [0.1, 0.15) is 11.6 Å². The summed E-state index contributed by atoms with van der Waals surface area (Å²) in [7, 11) is 0. The van der Waals surface area contributed by atoms with E-state index in [-0.39, 0.29) is 11.7 Å². The minimum absolute atomic E-state index is 0.228. The summed E-state index contributed by atoms with van der Waals surface area (Å²) in [5.74, 6) is 1.42. The molecule has 0 aliphatic rings. The number of hydrogen-bond donors (Lipinski definition) is 1. The van der Waals surface area contributed by atoms with E-state index >= 15 is 0 Å². The van der Waals surface area contributed by atoms with Gasteiger partial charge in [0, 0.05) is 11.5 Å². The minimum Gasteiger partial charge on any atom is -0.262 e. The van der Waals surface area contributed by atoms with Crippen LogP contribution in [0.15, 0.2) is 18.2 Å². The van der Waals surface area contributed by atoms with Crippen molar-refractivity contribution < 1.29 is 4.39 Å². The first-order chi connectivity index (χ1) is 7.58. The van der Waals surface area contributed by atoms with E-state index < -0.39 is 0 Å². The van der Waals surface area contributed by atoms with Crippen molar-refractivity contribution in [2.24, 2.45) is 0 Å². The zero-order valence-electron chi connectivity index (χ0n) is 9.58. The van der Waals surface area contributed by atoms with Gasteiger partial charge in [0.15, 0.2) is 5.82 Å². The molecule has 0 unspecified atom stereocenters. The van der Waals surface area contributed by atoms with Gasteiger partial charge in [-0.3, -0.25) is 5.10 Å². The Kier molecular flexibility index (Phi) is 2.73. The largest absolute Gasteiger partial charge is 0.262 e. The molecule has 84 valence electrons. The number of aryl methyl sites for hydroxylation is 1. The third-order valence-corrected chi connectivity index (χ3v) is 2.48. The Morgan fingerprint density at radius 1 is 1.31 bits per heavy atom. The maximum Gasteiger partial charge on any atom is 0.181 e. The Labute approximate surface area is 93.7 Å². The number of aromatic amines is 1. The fraction of sp³-hybridized carbons (Fsp3) is 0.333. The molecule has 2 aromatic rings. The highest BCUT2D eigenvalue weighted by molar-refractivity contribution is 5.55. The highest BCUT2D eigenvalue weighted by Gasteiger charge is 2.09. The summed E-state index contributed by atoms with van der Waals surface area (Å²) in [4.78, 5) is 4.32. The number of benzene rings is 1. The van der Waals surface area contributed by atoms with Gasteiger partial charge in [-0.15, -0.1) is 0 Å². The molecule has 2 rings (SSSR count). The van der Waals surface area contributed by atoms with Gasteiger partial charge < -0.3 is 0 Å². The Morgan fingerprint density at radius 2 is 2.06 bits per heavy atom. The number of aromatic nitrogens is 3. The molecule has 0 radical (unpaired) electrons. The lowest BCUT2D eigenvalue weighted by atomic mass is 10.1. The Morgan fingerprint density at radius 3 is 2.62 bits per heavy atom. The zero-order chi connectivity index (χ0) is 11.7. The lowest BCUT2D eigenvalue weighted by Gasteiger charge is -1.99. The number of nitrogens with zero attached hydrogens (tertiary/aromatic N) is 2. The first-order valence-corrected chi connectivity index (χ1v) is 5.26. The van der Waals surface area contributed by atoms with Gasteiger partial charge in [0.2, 0.25) is 0 Å². The highest BCUT2D eigenvalue weighted by Crippen LogP contribution is 2.19. The van der Waals surface area contributed by atoms with E-state index in [1.54, 1.807) is 13.0 Å². The van der Waals surface area contributed by atoms with Crippen LogP contribution in [0.1, 0.15) is 31.2 Å². The van der Waals surface area contributed by atoms with Gasteiger partial charge in [0.25, 0.3) is 0 Å². The molecule has 16 heavy (non-hydrogen) atoms. The summed E-state index contributed by atoms with van der Waals surface area (Å²) in [5, 5.41) is 6.93. The molecule has 0 bridgehead atoms. The quantitative estimate of drug-likeness (QED) is 0.843. The molecule has 3 nitrogen and oxygen atoms in total. The van der Waals surface area contributed by atoms with E-state index in [1.807, 2.05) is 19.9 Å². The molecule has 0 aliphatic carbocycles. The predicted octanol–water partition coefficient (Wildman–Crippen LogP) is 3.04. The maximum atomic E-state index is 13.4. The number of H-pyrrole nitrogens is 1. The van der Waals surface area contributed by atoms with Crippen LogP contribution in [0.5, 0.6) is 0 Å². The summed E-state index contributed by atoms with van der Waals surface area (Å²) >= 11 is 0. The molecule has 0 fully saturated rings. The molecule has 0 saturated carbocycles. The Balaban J connectivity index is 2.39. The van der Waals surface area contributed by atoms with Crippen LogP contribution in [-0.2, 0) is 0 Å². The van der Waals surface area contributed by atoms with E-state index in [9.17, 15) is 4.39 Å². The van der Waals surface area contributed by atoms with E-state index in [1.165, 1.54) is 6.07 Å². The van der Waals surface area contributed by atoms with Crippen molar-refractivity contribution in [3.63, 3.8) is 0 Å². The molecular formula is C12H14FN3. The second kappa shape index (κ2) is 4.04. The summed E-state index contributed by atoms with van der Waals surface area (Å²) < 4.78 is 13.4. The van der Waals surface area contributed by atoms with Gasteiger partial charge in [-0.1, -0.05) is 26.0 Å². The molecule has 0 saturated heterocycles. The number of halogens is 1. The van der Waals surface area contributed by atoms with Gasteiger partial charge in [0.05, 0.1) is 0 Å². The second-order valence-electron chi connectivity index (χ2n) is 4.16. The topological polar surface area (TPSA) is 41.6 Å². The monoisotopic (exact) mass is 219 g/mol. The third-order valence-electron chi connectivity index (χ3n) is 2.48.